The summed E-state index contributed by atoms with van der Waals surface area (Å²) in [7, 11) is 0. The van der Waals surface area contributed by atoms with E-state index in [0.29, 0.717) is 18.8 Å². The molecule has 1 N–H and O–H groups in total. The fourth-order valence-electron chi connectivity index (χ4n) is 2.31. The van der Waals surface area contributed by atoms with Crippen LogP contribution in [0.5, 0.6) is 5.75 Å². The van der Waals surface area contributed by atoms with Crippen molar-refractivity contribution in [1.82, 2.24) is 5.32 Å². The lowest BCUT2D eigenvalue weighted by Crippen LogP contribution is -2.34. The Kier molecular flexibility index (Phi) is 4.76. The first-order valence-corrected chi connectivity index (χ1v) is 6.69. The summed E-state index contributed by atoms with van der Waals surface area (Å²) >= 11 is 0. The summed E-state index contributed by atoms with van der Waals surface area (Å²) in [5.41, 5.74) is 1.12. The zero-order chi connectivity index (χ0) is 12.8. The van der Waals surface area contributed by atoms with E-state index in [4.69, 9.17) is 4.74 Å². The van der Waals surface area contributed by atoms with Crippen molar-refractivity contribution >= 4 is 5.78 Å². The van der Waals surface area contributed by atoms with Gasteiger partial charge in [0.05, 0.1) is 6.61 Å². The van der Waals surface area contributed by atoms with Gasteiger partial charge in [-0.25, -0.2) is 0 Å². The van der Waals surface area contributed by atoms with Gasteiger partial charge in [-0.1, -0.05) is 18.2 Å². The van der Waals surface area contributed by atoms with Crippen molar-refractivity contribution in [3.8, 4) is 5.75 Å². The Balaban J connectivity index is 1.75. The predicted molar refractivity (Wildman–Crippen MR) is 71.9 cm³/mol. The van der Waals surface area contributed by atoms with Gasteiger partial charge in [0.2, 0.25) is 0 Å². The molecule has 1 aromatic carbocycles. The van der Waals surface area contributed by atoms with Crippen molar-refractivity contribution in [1.29, 1.82) is 0 Å². The maximum absolute atomic E-state index is 12.0. The molecule has 1 atom stereocenters. The summed E-state index contributed by atoms with van der Waals surface area (Å²) in [6, 6.07) is 7.90. The van der Waals surface area contributed by atoms with Crippen LogP contribution in [0, 0.1) is 12.8 Å². The second kappa shape index (κ2) is 6.55. The highest BCUT2D eigenvalue weighted by atomic mass is 16.5. The Morgan fingerprint density at radius 3 is 3.00 bits per heavy atom. The molecule has 0 aromatic heterocycles. The fourth-order valence-corrected chi connectivity index (χ4v) is 2.31. The van der Waals surface area contributed by atoms with E-state index < -0.39 is 0 Å². The van der Waals surface area contributed by atoms with Gasteiger partial charge in [-0.3, -0.25) is 4.79 Å². The minimum atomic E-state index is 0.194. The Hall–Kier alpha value is -1.35. The third-order valence-electron chi connectivity index (χ3n) is 3.45. The van der Waals surface area contributed by atoms with Gasteiger partial charge in [-0.05, 0) is 37.9 Å². The third-order valence-corrected chi connectivity index (χ3v) is 3.45. The van der Waals surface area contributed by atoms with E-state index in [1.54, 1.807) is 0 Å². The van der Waals surface area contributed by atoms with E-state index in [-0.39, 0.29) is 5.92 Å². The molecule has 18 heavy (non-hydrogen) atoms. The van der Waals surface area contributed by atoms with Crippen molar-refractivity contribution in [2.75, 3.05) is 19.7 Å². The molecule has 0 aliphatic carbocycles. The van der Waals surface area contributed by atoms with Gasteiger partial charge in [0.15, 0.2) is 0 Å². The van der Waals surface area contributed by atoms with E-state index in [1.807, 2.05) is 31.2 Å². The maximum atomic E-state index is 12.0. The van der Waals surface area contributed by atoms with E-state index >= 15 is 0 Å². The molecule has 2 rings (SSSR count). The number of Topliss-reactive ketones (excluding diaryl/α,β-unsaturated/α-hetero) is 1. The zero-order valence-electron chi connectivity index (χ0n) is 10.9. The fraction of sp³-hybridized carbons (Fsp3) is 0.533. The monoisotopic (exact) mass is 247 g/mol. The molecule has 0 radical (unpaired) electrons. The second-order valence-electron chi connectivity index (χ2n) is 4.87. The van der Waals surface area contributed by atoms with Crippen LogP contribution in [0.25, 0.3) is 0 Å². The molecule has 0 saturated carbocycles. The average molecular weight is 247 g/mol. The molecule has 3 heteroatoms. The topological polar surface area (TPSA) is 38.3 Å². The van der Waals surface area contributed by atoms with E-state index in [1.165, 1.54) is 0 Å². The molecular formula is C15H21NO2. The van der Waals surface area contributed by atoms with Gasteiger partial charge in [0.25, 0.3) is 0 Å². The normalized spacial score (nSPS) is 19.5. The number of piperidine rings is 1. The SMILES string of the molecule is Cc1ccccc1OCCC(=O)C1CCCNC1. The first-order chi connectivity index (χ1) is 8.77. The number of rotatable bonds is 5. The highest BCUT2D eigenvalue weighted by molar-refractivity contribution is 5.81. The second-order valence-corrected chi connectivity index (χ2v) is 4.87. The number of carbonyl (C=O) groups excluding carboxylic acids is 1. The smallest absolute Gasteiger partial charge is 0.140 e. The van der Waals surface area contributed by atoms with Crippen molar-refractivity contribution < 1.29 is 9.53 Å². The van der Waals surface area contributed by atoms with Crippen LogP contribution in [0.4, 0.5) is 0 Å². The molecule has 0 spiro atoms. The van der Waals surface area contributed by atoms with Crippen molar-refractivity contribution in [3.63, 3.8) is 0 Å². The number of para-hydroxylation sites is 1. The largest absolute Gasteiger partial charge is 0.493 e. The van der Waals surface area contributed by atoms with E-state index in [2.05, 4.69) is 5.32 Å². The number of ether oxygens (including phenoxy) is 1. The molecule has 1 aliphatic heterocycles. The maximum Gasteiger partial charge on any atom is 0.140 e. The van der Waals surface area contributed by atoms with Gasteiger partial charge in [-0.2, -0.15) is 0 Å². The van der Waals surface area contributed by atoms with Crippen LogP contribution < -0.4 is 10.1 Å². The predicted octanol–water partition coefficient (Wildman–Crippen LogP) is 2.33. The molecule has 1 heterocycles. The molecule has 98 valence electrons. The third kappa shape index (κ3) is 3.57. The summed E-state index contributed by atoms with van der Waals surface area (Å²) in [6.45, 7) is 4.38. The van der Waals surface area contributed by atoms with E-state index in [0.717, 1.165) is 37.2 Å². The first kappa shape index (κ1) is 13.1. The highest BCUT2D eigenvalue weighted by Gasteiger charge is 2.20. The van der Waals surface area contributed by atoms with Gasteiger partial charge >= 0.3 is 0 Å². The Labute approximate surface area is 109 Å². The standard InChI is InChI=1S/C15H21NO2/c1-12-5-2-3-7-15(12)18-10-8-14(17)13-6-4-9-16-11-13/h2-3,5,7,13,16H,4,6,8-11H2,1H3. The van der Waals surface area contributed by atoms with Gasteiger partial charge < -0.3 is 10.1 Å². The molecule has 1 unspecified atom stereocenters. The molecule has 3 nitrogen and oxygen atoms in total. The summed E-state index contributed by atoms with van der Waals surface area (Å²) in [5, 5.41) is 3.27. The van der Waals surface area contributed by atoms with Crippen LogP contribution in [0.3, 0.4) is 0 Å². The Morgan fingerprint density at radius 1 is 1.44 bits per heavy atom. The molecule has 1 aliphatic rings. The van der Waals surface area contributed by atoms with Gasteiger partial charge in [-0.15, -0.1) is 0 Å². The minimum absolute atomic E-state index is 0.194. The number of carbonyl (C=O) groups is 1. The molecule has 1 aromatic rings. The number of benzene rings is 1. The Bertz CT molecular complexity index is 397. The van der Waals surface area contributed by atoms with Crippen molar-refractivity contribution in [2.24, 2.45) is 5.92 Å². The number of hydrogen-bond acceptors (Lipinski definition) is 3. The molecule has 1 fully saturated rings. The lowest BCUT2D eigenvalue weighted by molar-refractivity contribution is -0.123. The van der Waals surface area contributed by atoms with Crippen molar-refractivity contribution in [2.45, 2.75) is 26.2 Å². The summed E-state index contributed by atoms with van der Waals surface area (Å²) in [6.07, 6.45) is 2.64. The van der Waals surface area contributed by atoms with E-state index in [9.17, 15) is 4.79 Å². The van der Waals surface area contributed by atoms with Crippen LogP contribution in [0.2, 0.25) is 0 Å². The lowest BCUT2D eigenvalue weighted by Gasteiger charge is -2.21. The summed E-state index contributed by atoms with van der Waals surface area (Å²) < 4.78 is 5.66. The lowest BCUT2D eigenvalue weighted by atomic mass is 9.94. The zero-order valence-corrected chi connectivity index (χ0v) is 10.9. The number of ketones is 1. The van der Waals surface area contributed by atoms with Crippen molar-refractivity contribution in [3.05, 3.63) is 29.8 Å². The van der Waals surface area contributed by atoms with Crippen LogP contribution in [0.1, 0.15) is 24.8 Å². The molecule has 1 saturated heterocycles. The van der Waals surface area contributed by atoms with Crippen LogP contribution in [-0.2, 0) is 4.79 Å². The van der Waals surface area contributed by atoms with Crippen LogP contribution in [0.15, 0.2) is 24.3 Å². The quantitative estimate of drug-likeness (QED) is 0.868. The van der Waals surface area contributed by atoms with Crippen LogP contribution >= 0.6 is 0 Å². The highest BCUT2D eigenvalue weighted by Crippen LogP contribution is 2.17. The average Bonchev–Trinajstić information content (AvgIpc) is 2.42. The Morgan fingerprint density at radius 2 is 2.28 bits per heavy atom. The van der Waals surface area contributed by atoms with Crippen LogP contribution in [-0.4, -0.2) is 25.5 Å². The van der Waals surface area contributed by atoms with Gasteiger partial charge in [0, 0.05) is 18.9 Å². The number of nitrogens with one attached hydrogen (secondary N) is 1. The number of aryl methyl sites for hydroxylation is 1. The van der Waals surface area contributed by atoms with Gasteiger partial charge in [0.1, 0.15) is 11.5 Å². The number of hydrogen-bond donors (Lipinski definition) is 1. The molecule has 0 bridgehead atoms. The molecular weight excluding hydrogens is 226 g/mol. The first-order valence-electron chi connectivity index (χ1n) is 6.69. The minimum Gasteiger partial charge on any atom is -0.493 e. The summed E-state index contributed by atoms with van der Waals surface area (Å²) in [4.78, 5) is 12.0. The molecule has 0 amide bonds. The summed E-state index contributed by atoms with van der Waals surface area (Å²) in [5.74, 6) is 1.40.